The summed E-state index contributed by atoms with van der Waals surface area (Å²) in [7, 11) is 0. The van der Waals surface area contributed by atoms with Gasteiger partial charge in [0.15, 0.2) is 0 Å². The number of carboxylic acids is 2. The first-order valence-electron chi connectivity index (χ1n) is 8.88. The standard InChI is InChI=1S/C18H30O7/c1-5-7-9-13(15(19)20)11(3)17(23)25-18(24)12(4)14(16(21)22)10-8-6-2/h11-14H,5-10H2,1-4H3,(H,19,20)(H,21,22). The Morgan fingerprint density at radius 2 is 1.08 bits per heavy atom. The van der Waals surface area contributed by atoms with Crippen LogP contribution < -0.4 is 0 Å². The summed E-state index contributed by atoms with van der Waals surface area (Å²) in [4.78, 5) is 46.9. The lowest BCUT2D eigenvalue weighted by atomic mass is 9.88. The number of carbonyl (C=O) groups excluding carboxylic acids is 2. The summed E-state index contributed by atoms with van der Waals surface area (Å²) in [6.45, 7) is 6.66. The minimum atomic E-state index is -1.11. The molecular formula is C18H30O7. The van der Waals surface area contributed by atoms with Crippen molar-refractivity contribution in [1.82, 2.24) is 0 Å². The molecule has 7 nitrogen and oxygen atoms in total. The van der Waals surface area contributed by atoms with Crippen molar-refractivity contribution in [3.8, 4) is 0 Å². The van der Waals surface area contributed by atoms with Crippen LogP contribution >= 0.6 is 0 Å². The summed E-state index contributed by atoms with van der Waals surface area (Å²) in [6, 6.07) is 0. The number of rotatable bonds is 12. The van der Waals surface area contributed by atoms with Gasteiger partial charge in [-0.15, -0.1) is 0 Å². The highest BCUT2D eigenvalue weighted by atomic mass is 16.6. The summed E-state index contributed by atoms with van der Waals surface area (Å²) >= 11 is 0. The van der Waals surface area contributed by atoms with Crippen LogP contribution in [0.2, 0.25) is 0 Å². The normalized spacial score (nSPS) is 15.7. The number of esters is 2. The van der Waals surface area contributed by atoms with E-state index in [1.165, 1.54) is 13.8 Å². The van der Waals surface area contributed by atoms with Crippen molar-refractivity contribution in [3.63, 3.8) is 0 Å². The van der Waals surface area contributed by atoms with E-state index in [9.17, 15) is 29.4 Å². The minimum absolute atomic E-state index is 0.320. The predicted molar refractivity (Wildman–Crippen MR) is 90.7 cm³/mol. The molecule has 0 saturated carbocycles. The molecule has 0 aromatic carbocycles. The lowest BCUT2D eigenvalue weighted by molar-refractivity contribution is -0.171. The average Bonchev–Trinajstić information content (AvgIpc) is 2.54. The third-order valence-corrected chi connectivity index (χ3v) is 4.52. The van der Waals surface area contributed by atoms with Gasteiger partial charge in [0.25, 0.3) is 0 Å². The number of ether oxygens (including phenoxy) is 1. The molecule has 4 unspecified atom stereocenters. The van der Waals surface area contributed by atoms with Crippen molar-refractivity contribution in [2.45, 2.75) is 66.2 Å². The van der Waals surface area contributed by atoms with Gasteiger partial charge in [0.1, 0.15) is 0 Å². The van der Waals surface area contributed by atoms with E-state index in [1.807, 2.05) is 13.8 Å². The first-order valence-corrected chi connectivity index (χ1v) is 8.88. The van der Waals surface area contributed by atoms with E-state index in [-0.39, 0.29) is 0 Å². The fraction of sp³-hybridized carbons (Fsp3) is 0.778. The molecule has 144 valence electrons. The highest BCUT2D eigenvalue weighted by molar-refractivity contribution is 5.91. The second-order valence-corrected chi connectivity index (χ2v) is 6.49. The zero-order valence-corrected chi connectivity index (χ0v) is 15.5. The molecule has 0 spiro atoms. The molecule has 7 heteroatoms. The van der Waals surface area contributed by atoms with Gasteiger partial charge in [-0.2, -0.15) is 0 Å². The molecule has 0 aliphatic heterocycles. The Kier molecular flexibility index (Phi) is 10.7. The Morgan fingerprint density at radius 1 is 0.760 bits per heavy atom. The van der Waals surface area contributed by atoms with Gasteiger partial charge in [-0.3, -0.25) is 19.2 Å². The zero-order chi connectivity index (χ0) is 19.6. The Morgan fingerprint density at radius 3 is 1.32 bits per heavy atom. The van der Waals surface area contributed by atoms with Crippen LogP contribution in [-0.2, 0) is 23.9 Å². The molecule has 0 aromatic rings. The first kappa shape index (κ1) is 23.1. The third-order valence-electron chi connectivity index (χ3n) is 4.52. The van der Waals surface area contributed by atoms with Crippen molar-refractivity contribution in [1.29, 1.82) is 0 Å². The second kappa shape index (κ2) is 11.6. The Balaban J connectivity index is 4.91. The van der Waals surface area contributed by atoms with E-state index in [0.717, 1.165) is 12.8 Å². The number of aliphatic carboxylic acids is 2. The fourth-order valence-electron chi connectivity index (χ4n) is 2.64. The number of hydrogen-bond acceptors (Lipinski definition) is 5. The van der Waals surface area contributed by atoms with Crippen molar-refractivity contribution in [2.75, 3.05) is 0 Å². The smallest absolute Gasteiger partial charge is 0.317 e. The van der Waals surface area contributed by atoms with E-state index in [1.54, 1.807) is 0 Å². The minimum Gasteiger partial charge on any atom is -0.481 e. The number of carboxylic acid groups (broad SMARTS) is 2. The summed E-state index contributed by atoms with van der Waals surface area (Å²) in [5.74, 6) is -7.84. The summed E-state index contributed by atoms with van der Waals surface area (Å²) in [5, 5.41) is 18.5. The van der Waals surface area contributed by atoms with Crippen LogP contribution in [0.15, 0.2) is 0 Å². The van der Waals surface area contributed by atoms with Crippen LogP contribution in [-0.4, -0.2) is 34.1 Å². The lowest BCUT2D eigenvalue weighted by Gasteiger charge is -2.21. The largest absolute Gasteiger partial charge is 0.481 e. The molecule has 0 heterocycles. The maximum Gasteiger partial charge on any atom is 0.317 e. The number of unbranched alkanes of at least 4 members (excludes halogenated alkanes) is 2. The summed E-state index contributed by atoms with van der Waals surface area (Å²) in [6.07, 6.45) is 3.52. The third kappa shape index (κ3) is 7.67. The lowest BCUT2D eigenvalue weighted by Crippen LogP contribution is -2.34. The molecule has 4 atom stereocenters. The fourth-order valence-corrected chi connectivity index (χ4v) is 2.64. The summed E-state index contributed by atoms with van der Waals surface area (Å²) < 4.78 is 4.79. The van der Waals surface area contributed by atoms with Crippen molar-refractivity contribution in [2.24, 2.45) is 23.7 Å². The molecule has 0 amide bonds. The van der Waals surface area contributed by atoms with E-state index >= 15 is 0 Å². The van der Waals surface area contributed by atoms with Gasteiger partial charge in [-0.25, -0.2) is 0 Å². The van der Waals surface area contributed by atoms with Crippen molar-refractivity contribution in [3.05, 3.63) is 0 Å². The molecule has 2 N–H and O–H groups in total. The van der Waals surface area contributed by atoms with Crippen LogP contribution in [0.4, 0.5) is 0 Å². The monoisotopic (exact) mass is 358 g/mol. The molecule has 0 radical (unpaired) electrons. The van der Waals surface area contributed by atoms with Gasteiger partial charge < -0.3 is 14.9 Å². The molecule has 0 fully saturated rings. The van der Waals surface area contributed by atoms with Crippen LogP contribution in [0.25, 0.3) is 0 Å². The van der Waals surface area contributed by atoms with Crippen LogP contribution in [0, 0.1) is 23.7 Å². The summed E-state index contributed by atoms with van der Waals surface area (Å²) in [5.41, 5.74) is 0. The van der Waals surface area contributed by atoms with Gasteiger partial charge in [0, 0.05) is 0 Å². The zero-order valence-electron chi connectivity index (χ0n) is 15.5. The van der Waals surface area contributed by atoms with Crippen LogP contribution in [0.3, 0.4) is 0 Å². The Labute approximate surface area is 148 Å². The molecule has 25 heavy (non-hydrogen) atoms. The van der Waals surface area contributed by atoms with E-state index in [0.29, 0.717) is 25.7 Å². The first-order chi connectivity index (χ1) is 11.7. The van der Waals surface area contributed by atoms with Gasteiger partial charge in [-0.05, 0) is 12.8 Å². The maximum atomic E-state index is 12.1. The molecule has 0 bridgehead atoms. The molecule has 0 saturated heterocycles. The quantitative estimate of drug-likeness (QED) is 0.406. The van der Waals surface area contributed by atoms with Gasteiger partial charge >= 0.3 is 23.9 Å². The van der Waals surface area contributed by atoms with Gasteiger partial charge in [-0.1, -0.05) is 53.4 Å². The topological polar surface area (TPSA) is 118 Å². The second-order valence-electron chi connectivity index (χ2n) is 6.49. The molecule has 0 aliphatic rings. The highest BCUT2D eigenvalue weighted by Gasteiger charge is 2.35. The maximum absolute atomic E-state index is 12.1. The molecule has 0 aliphatic carbocycles. The highest BCUT2D eigenvalue weighted by Crippen LogP contribution is 2.24. The number of carbonyl (C=O) groups is 4. The van der Waals surface area contributed by atoms with Gasteiger partial charge in [0.2, 0.25) is 0 Å². The Hall–Kier alpha value is -1.92. The van der Waals surface area contributed by atoms with Crippen LogP contribution in [0.1, 0.15) is 66.2 Å². The van der Waals surface area contributed by atoms with Gasteiger partial charge in [0.05, 0.1) is 23.7 Å². The van der Waals surface area contributed by atoms with Crippen molar-refractivity contribution < 1.29 is 34.1 Å². The Bertz CT molecular complexity index is 430. The van der Waals surface area contributed by atoms with E-state index < -0.39 is 47.5 Å². The van der Waals surface area contributed by atoms with E-state index in [4.69, 9.17) is 4.74 Å². The van der Waals surface area contributed by atoms with E-state index in [2.05, 4.69) is 0 Å². The number of hydrogen-bond donors (Lipinski definition) is 2. The van der Waals surface area contributed by atoms with Crippen LogP contribution in [0.5, 0.6) is 0 Å². The SMILES string of the molecule is CCCCC(C(=O)O)C(C)C(=O)OC(=O)C(C)C(CCCC)C(=O)O. The van der Waals surface area contributed by atoms with Crippen molar-refractivity contribution >= 4 is 23.9 Å². The molecule has 0 aromatic heterocycles. The molecule has 0 rings (SSSR count). The average molecular weight is 358 g/mol. The molecular weight excluding hydrogens is 328 g/mol. The predicted octanol–water partition coefficient (Wildman–Crippen LogP) is 3.11.